The highest BCUT2D eigenvalue weighted by Gasteiger charge is 2.26. The number of likely N-dealkylation sites (N-methyl/N-ethyl adjacent to an activating group) is 1. The van der Waals surface area contributed by atoms with Gasteiger partial charge in [0.2, 0.25) is 0 Å². The number of hydrogen-bond acceptors (Lipinski definition) is 6. The number of ether oxygens (including phenoxy) is 2. The van der Waals surface area contributed by atoms with Crippen LogP contribution in [0.5, 0.6) is 0 Å². The highest BCUT2D eigenvalue weighted by atomic mass is 31.2. The number of nitrogens with zero attached hydrogens (tertiary/aromatic N) is 1. The zero-order valence-electron chi connectivity index (χ0n) is 37.7. The monoisotopic (exact) mass is 841 g/mol. The lowest BCUT2D eigenvalue weighted by atomic mass is 10.2. The average molecular weight is 841 g/mol. The van der Waals surface area contributed by atoms with Gasteiger partial charge in [-0.25, -0.2) is 4.57 Å². The summed E-state index contributed by atoms with van der Waals surface area (Å²) < 4.78 is 34.9. The summed E-state index contributed by atoms with van der Waals surface area (Å²) in [4.78, 5) is 22.9. The van der Waals surface area contributed by atoms with Crippen molar-refractivity contribution in [2.45, 2.75) is 136 Å². The molecule has 8 nitrogen and oxygen atoms in total. The Kier molecular flexibility index (Phi) is 39.4. The van der Waals surface area contributed by atoms with Gasteiger partial charge >= 0.3 is 13.8 Å². The molecule has 0 aromatic carbocycles. The Bertz CT molecular complexity index is 1350. The Morgan fingerprint density at radius 3 is 1.36 bits per heavy atom. The molecular weight excluding hydrogens is 758 g/mol. The molecule has 0 bridgehead atoms. The highest BCUT2D eigenvalue weighted by molar-refractivity contribution is 7.47. The van der Waals surface area contributed by atoms with Crippen LogP contribution in [0, 0.1) is 0 Å². The summed E-state index contributed by atoms with van der Waals surface area (Å²) in [5.74, 6) is -0.373. The summed E-state index contributed by atoms with van der Waals surface area (Å²) in [5.41, 5.74) is 0. The second-order valence-electron chi connectivity index (χ2n) is 15.3. The quantitative estimate of drug-likeness (QED) is 0.0217. The number of allylic oxidation sites excluding steroid dienone is 20. The SMILES string of the molecule is CC/C=C\C/C=C\C/C=C\C/C=C\C/C=C\C/C=C\CCCCCOCC(COP(=O)(O)OCC[N+](C)(C)C)OC(=O)CCCC/C=C\C/C=C\C/C=C\C/C=C\CC. The maximum absolute atomic E-state index is 12.7. The van der Waals surface area contributed by atoms with E-state index in [-0.39, 0.29) is 32.2 Å². The molecule has 334 valence electrons. The standard InChI is InChI=1S/C50H82NO7P/c1-6-8-10-12-14-16-18-20-22-23-24-25-26-27-28-30-32-34-36-38-40-42-45-55-47-49(48-57-59(53,54)56-46-44-51(3,4)5)58-50(52)43-41-39-37-35-33-31-29-21-19-17-15-13-11-9-7-2/h8-11,14-17,20-22,24-25,27-29,32-35,49H,6-7,12-13,18-19,23,26,30-31,36-48H2,1-5H3/p+1/b10-8-,11-9-,16-14-,17-15-,22-20-,25-24-,28-27-,29-21-,34-32-,35-33-. The molecule has 0 rings (SSSR count). The number of hydrogen-bond donors (Lipinski definition) is 1. The van der Waals surface area contributed by atoms with E-state index in [0.29, 0.717) is 24.1 Å². The smallest absolute Gasteiger partial charge is 0.457 e. The van der Waals surface area contributed by atoms with E-state index in [4.69, 9.17) is 18.5 Å². The average Bonchev–Trinajstić information content (AvgIpc) is 3.19. The summed E-state index contributed by atoms with van der Waals surface area (Å²) in [7, 11) is 1.59. The fourth-order valence-corrected chi connectivity index (χ4v) is 5.87. The van der Waals surface area contributed by atoms with E-state index in [0.717, 1.165) is 103 Å². The number of unbranched alkanes of at least 4 members (excludes halogenated alkanes) is 5. The second-order valence-corrected chi connectivity index (χ2v) is 16.8. The molecule has 2 unspecified atom stereocenters. The van der Waals surface area contributed by atoms with Crippen LogP contribution in [0.4, 0.5) is 0 Å². The molecule has 0 aromatic rings. The summed E-state index contributed by atoms with van der Waals surface area (Å²) in [6.45, 7) is 5.20. The molecule has 0 saturated carbocycles. The molecule has 0 radical (unpaired) electrons. The molecule has 0 spiro atoms. The minimum atomic E-state index is -4.31. The number of phosphoric ester groups is 1. The molecule has 0 heterocycles. The summed E-state index contributed by atoms with van der Waals surface area (Å²) in [5, 5.41) is 0. The maximum atomic E-state index is 12.7. The van der Waals surface area contributed by atoms with Gasteiger partial charge in [0.05, 0.1) is 34.4 Å². The van der Waals surface area contributed by atoms with Crippen LogP contribution in [0.3, 0.4) is 0 Å². The Morgan fingerprint density at radius 2 is 0.932 bits per heavy atom. The van der Waals surface area contributed by atoms with Crippen LogP contribution in [0.2, 0.25) is 0 Å². The molecule has 0 fully saturated rings. The zero-order valence-corrected chi connectivity index (χ0v) is 38.6. The van der Waals surface area contributed by atoms with Crippen LogP contribution in [0.15, 0.2) is 122 Å². The number of phosphoric acid groups is 1. The van der Waals surface area contributed by atoms with Crippen molar-refractivity contribution in [3.05, 3.63) is 122 Å². The first kappa shape index (κ1) is 55.9. The van der Waals surface area contributed by atoms with Crippen LogP contribution in [0.25, 0.3) is 0 Å². The van der Waals surface area contributed by atoms with Gasteiger partial charge in [0.15, 0.2) is 0 Å². The topological polar surface area (TPSA) is 91.3 Å². The van der Waals surface area contributed by atoms with Gasteiger partial charge in [-0.2, -0.15) is 0 Å². The molecule has 0 amide bonds. The number of rotatable bonds is 39. The highest BCUT2D eigenvalue weighted by Crippen LogP contribution is 2.43. The normalized spacial score (nSPS) is 14.9. The first-order valence-corrected chi connectivity index (χ1v) is 23.8. The number of esters is 1. The Hall–Kier alpha value is -3.10. The van der Waals surface area contributed by atoms with Crippen molar-refractivity contribution in [2.75, 3.05) is 54.1 Å². The van der Waals surface area contributed by atoms with Crippen molar-refractivity contribution in [2.24, 2.45) is 0 Å². The van der Waals surface area contributed by atoms with E-state index in [1.54, 1.807) is 0 Å². The van der Waals surface area contributed by atoms with Crippen molar-refractivity contribution in [3.8, 4) is 0 Å². The van der Waals surface area contributed by atoms with Gasteiger partial charge in [-0.15, -0.1) is 0 Å². The Labute approximate surface area is 361 Å². The van der Waals surface area contributed by atoms with E-state index >= 15 is 0 Å². The van der Waals surface area contributed by atoms with Gasteiger partial charge in [0.1, 0.15) is 19.3 Å². The fourth-order valence-electron chi connectivity index (χ4n) is 5.13. The zero-order chi connectivity index (χ0) is 43.4. The van der Waals surface area contributed by atoms with Gasteiger partial charge in [0, 0.05) is 13.0 Å². The van der Waals surface area contributed by atoms with Gasteiger partial charge in [-0.05, 0) is 103 Å². The minimum Gasteiger partial charge on any atom is -0.457 e. The van der Waals surface area contributed by atoms with Gasteiger partial charge in [-0.3, -0.25) is 13.8 Å². The molecule has 59 heavy (non-hydrogen) atoms. The maximum Gasteiger partial charge on any atom is 0.472 e. The molecular formula is C50H83NO7P+. The lowest BCUT2D eigenvalue weighted by molar-refractivity contribution is -0.870. The van der Waals surface area contributed by atoms with E-state index in [9.17, 15) is 14.3 Å². The van der Waals surface area contributed by atoms with Crippen molar-refractivity contribution >= 4 is 13.8 Å². The van der Waals surface area contributed by atoms with Crippen LogP contribution < -0.4 is 0 Å². The summed E-state index contributed by atoms with van der Waals surface area (Å²) in [6.07, 6.45) is 59.6. The molecule has 0 aromatic heterocycles. The molecule has 0 saturated heterocycles. The van der Waals surface area contributed by atoms with Crippen LogP contribution >= 0.6 is 7.82 Å². The number of carbonyl (C=O) groups excluding carboxylic acids is 1. The largest absolute Gasteiger partial charge is 0.472 e. The number of quaternary nitrogens is 1. The van der Waals surface area contributed by atoms with Crippen molar-refractivity contribution in [1.82, 2.24) is 0 Å². The van der Waals surface area contributed by atoms with Crippen molar-refractivity contribution in [1.29, 1.82) is 0 Å². The Balaban J connectivity index is 4.39. The molecule has 0 aliphatic carbocycles. The molecule has 2 atom stereocenters. The van der Waals surface area contributed by atoms with E-state index in [1.165, 1.54) is 0 Å². The summed E-state index contributed by atoms with van der Waals surface area (Å²) >= 11 is 0. The van der Waals surface area contributed by atoms with Gasteiger partial charge in [0.25, 0.3) is 0 Å². The lowest BCUT2D eigenvalue weighted by Crippen LogP contribution is -2.37. The molecule has 1 N–H and O–H groups in total. The van der Waals surface area contributed by atoms with Crippen LogP contribution in [0.1, 0.15) is 129 Å². The minimum absolute atomic E-state index is 0.0656. The Morgan fingerprint density at radius 1 is 0.525 bits per heavy atom. The second kappa shape index (κ2) is 41.6. The first-order chi connectivity index (χ1) is 28.6. The molecule has 0 aliphatic rings. The van der Waals surface area contributed by atoms with Crippen molar-refractivity contribution < 1.29 is 37.3 Å². The fraction of sp³-hybridized carbons (Fsp3) is 0.580. The van der Waals surface area contributed by atoms with Crippen LogP contribution in [-0.4, -0.2) is 75.6 Å². The molecule has 9 heteroatoms. The first-order valence-electron chi connectivity index (χ1n) is 22.3. The third-order valence-corrected chi connectivity index (χ3v) is 9.50. The predicted octanol–water partition coefficient (Wildman–Crippen LogP) is 13.4. The number of carbonyl (C=O) groups is 1. The molecule has 0 aliphatic heterocycles. The van der Waals surface area contributed by atoms with E-state index < -0.39 is 13.9 Å². The lowest BCUT2D eigenvalue weighted by Gasteiger charge is -2.24. The third kappa shape index (κ3) is 45.8. The van der Waals surface area contributed by atoms with Gasteiger partial charge < -0.3 is 18.9 Å². The third-order valence-electron chi connectivity index (χ3n) is 8.52. The van der Waals surface area contributed by atoms with E-state index in [2.05, 4.69) is 135 Å². The predicted molar refractivity (Wildman–Crippen MR) is 251 cm³/mol. The summed E-state index contributed by atoms with van der Waals surface area (Å²) in [6, 6.07) is 0. The van der Waals surface area contributed by atoms with Gasteiger partial charge in [-0.1, -0.05) is 142 Å². The van der Waals surface area contributed by atoms with Crippen LogP contribution in [-0.2, 0) is 27.9 Å². The van der Waals surface area contributed by atoms with E-state index in [1.807, 2.05) is 21.1 Å². The van der Waals surface area contributed by atoms with Crippen molar-refractivity contribution in [3.63, 3.8) is 0 Å².